The van der Waals surface area contributed by atoms with Crippen LogP contribution in [0.2, 0.25) is 0 Å². The zero-order valence-electron chi connectivity index (χ0n) is 7.77. The molecule has 0 aliphatic heterocycles. The predicted molar refractivity (Wildman–Crippen MR) is 57.7 cm³/mol. The molecule has 72 valence electrons. The highest BCUT2D eigenvalue weighted by Gasteiger charge is 2.03. The van der Waals surface area contributed by atoms with Gasteiger partial charge >= 0.3 is 0 Å². The van der Waals surface area contributed by atoms with Crippen LogP contribution in [0, 0.1) is 0 Å². The number of fused-ring (bicyclic) bond motifs is 2. The minimum absolute atomic E-state index is 0.0278. The van der Waals surface area contributed by atoms with Crippen LogP contribution in [-0.4, -0.2) is 15.0 Å². The van der Waals surface area contributed by atoms with Crippen molar-refractivity contribution in [2.75, 3.05) is 0 Å². The number of aromatic nitrogens is 3. The Morgan fingerprint density at radius 1 is 0.933 bits per heavy atom. The van der Waals surface area contributed by atoms with E-state index in [1.807, 2.05) is 0 Å². The maximum absolute atomic E-state index is 12.0. The Labute approximate surface area is 84.6 Å². The molecule has 0 spiro atoms. The highest BCUT2D eigenvalue weighted by Crippen LogP contribution is 2.11. The average Bonchev–Trinajstić information content (AvgIpc) is 2.30. The molecule has 0 bridgehead atoms. The molecular weight excluding hydrogens is 190 g/mol. The van der Waals surface area contributed by atoms with Crippen LogP contribution < -0.4 is 5.43 Å². The molecule has 0 saturated heterocycles. The van der Waals surface area contributed by atoms with Crippen LogP contribution in [-0.2, 0) is 0 Å². The molecule has 0 unspecified atom stereocenters. The van der Waals surface area contributed by atoms with Crippen molar-refractivity contribution in [3.8, 4) is 0 Å². The Morgan fingerprint density at radius 2 is 1.47 bits per heavy atom. The first-order valence-corrected chi connectivity index (χ1v) is 4.56. The highest BCUT2D eigenvalue weighted by molar-refractivity contribution is 5.91. The molecule has 4 nitrogen and oxygen atoms in total. The first-order chi connectivity index (χ1) is 7.36. The normalized spacial score (nSPS) is 10.9. The Balaban J connectivity index is 2.66. The van der Waals surface area contributed by atoms with Crippen molar-refractivity contribution >= 4 is 21.8 Å². The summed E-state index contributed by atoms with van der Waals surface area (Å²) in [6.45, 7) is 0. The van der Waals surface area contributed by atoms with Gasteiger partial charge in [0.15, 0.2) is 5.43 Å². The predicted octanol–water partition coefficient (Wildman–Crippen LogP) is 1.47. The van der Waals surface area contributed by atoms with Crippen molar-refractivity contribution < 1.29 is 0 Å². The number of hydrogen-bond donors (Lipinski definition) is 1. The van der Waals surface area contributed by atoms with Gasteiger partial charge in [-0.1, -0.05) is 0 Å². The SMILES string of the molecule is O=c1c2cnccc2[nH]c2ccncc12. The van der Waals surface area contributed by atoms with E-state index < -0.39 is 0 Å². The summed E-state index contributed by atoms with van der Waals surface area (Å²) in [5, 5.41) is 1.19. The largest absolute Gasteiger partial charge is 0.354 e. The summed E-state index contributed by atoms with van der Waals surface area (Å²) in [7, 11) is 0. The molecule has 0 aliphatic carbocycles. The monoisotopic (exact) mass is 197 g/mol. The summed E-state index contributed by atoms with van der Waals surface area (Å²) < 4.78 is 0. The van der Waals surface area contributed by atoms with Crippen molar-refractivity contribution in [1.29, 1.82) is 0 Å². The van der Waals surface area contributed by atoms with E-state index in [1.54, 1.807) is 36.9 Å². The molecule has 0 fully saturated rings. The number of H-pyrrole nitrogens is 1. The third kappa shape index (κ3) is 1.11. The van der Waals surface area contributed by atoms with E-state index in [9.17, 15) is 4.79 Å². The van der Waals surface area contributed by atoms with Crippen molar-refractivity contribution in [1.82, 2.24) is 15.0 Å². The van der Waals surface area contributed by atoms with Gasteiger partial charge in [-0.25, -0.2) is 0 Å². The van der Waals surface area contributed by atoms with Crippen LogP contribution in [0.5, 0.6) is 0 Å². The summed E-state index contributed by atoms with van der Waals surface area (Å²) in [5.74, 6) is 0. The lowest BCUT2D eigenvalue weighted by Gasteiger charge is -2.00. The van der Waals surface area contributed by atoms with E-state index in [0.717, 1.165) is 11.0 Å². The van der Waals surface area contributed by atoms with Gasteiger partial charge in [0, 0.05) is 24.8 Å². The Bertz CT molecular complexity index is 646. The number of rotatable bonds is 0. The summed E-state index contributed by atoms with van der Waals surface area (Å²) in [5.41, 5.74) is 1.57. The number of hydrogen-bond acceptors (Lipinski definition) is 3. The van der Waals surface area contributed by atoms with Crippen molar-refractivity contribution in [2.45, 2.75) is 0 Å². The van der Waals surface area contributed by atoms with Crippen LogP contribution in [0.1, 0.15) is 0 Å². The standard InChI is InChI=1S/C11H7N3O/c15-11-7-5-12-3-1-9(7)14-10-2-4-13-6-8(10)11/h1-6H,(H,14,15). The summed E-state index contributed by atoms with van der Waals surface area (Å²) in [6, 6.07) is 3.58. The molecule has 4 heteroatoms. The quantitative estimate of drug-likeness (QED) is 0.555. The van der Waals surface area contributed by atoms with E-state index in [-0.39, 0.29) is 5.43 Å². The Morgan fingerprint density at radius 3 is 2.00 bits per heavy atom. The van der Waals surface area contributed by atoms with Crippen LogP contribution in [0.15, 0.2) is 41.7 Å². The maximum atomic E-state index is 12.0. The average molecular weight is 197 g/mol. The van der Waals surface area contributed by atoms with Crippen LogP contribution in [0.3, 0.4) is 0 Å². The van der Waals surface area contributed by atoms with Gasteiger partial charge in [-0.05, 0) is 12.1 Å². The van der Waals surface area contributed by atoms with E-state index in [0.29, 0.717) is 10.8 Å². The van der Waals surface area contributed by atoms with Crippen LogP contribution in [0.25, 0.3) is 21.8 Å². The second kappa shape index (κ2) is 2.88. The maximum Gasteiger partial charge on any atom is 0.200 e. The van der Waals surface area contributed by atoms with Gasteiger partial charge in [-0.15, -0.1) is 0 Å². The second-order valence-corrected chi connectivity index (χ2v) is 3.30. The van der Waals surface area contributed by atoms with Crippen molar-refractivity contribution in [3.63, 3.8) is 0 Å². The molecule has 3 aromatic heterocycles. The fourth-order valence-corrected chi connectivity index (χ4v) is 1.66. The Kier molecular flexibility index (Phi) is 1.56. The van der Waals surface area contributed by atoms with Crippen molar-refractivity contribution in [3.05, 3.63) is 47.1 Å². The van der Waals surface area contributed by atoms with Crippen LogP contribution >= 0.6 is 0 Å². The van der Waals surface area contributed by atoms with E-state index >= 15 is 0 Å². The molecule has 1 N–H and O–H groups in total. The first kappa shape index (κ1) is 8.11. The lowest BCUT2D eigenvalue weighted by atomic mass is 10.2. The second-order valence-electron chi connectivity index (χ2n) is 3.30. The van der Waals surface area contributed by atoms with Gasteiger partial charge in [0.25, 0.3) is 0 Å². The summed E-state index contributed by atoms with van der Waals surface area (Å²) >= 11 is 0. The zero-order valence-corrected chi connectivity index (χ0v) is 7.77. The molecule has 0 amide bonds. The molecule has 3 rings (SSSR count). The fourth-order valence-electron chi connectivity index (χ4n) is 1.66. The molecule has 0 aromatic carbocycles. The number of pyridine rings is 3. The zero-order chi connectivity index (χ0) is 10.3. The van der Waals surface area contributed by atoms with Gasteiger partial charge < -0.3 is 4.98 Å². The smallest absolute Gasteiger partial charge is 0.200 e. The number of nitrogens with zero attached hydrogens (tertiary/aromatic N) is 2. The molecule has 0 radical (unpaired) electrons. The highest BCUT2D eigenvalue weighted by atomic mass is 16.1. The Hall–Kier alpha value is -2.23. The minimum atomic E-state index is -0.0278. The van der Waals surface area contributed by atoms with E-state index in [4.69, 9.17) is 0 Å². The van der Waals surface area contributed by atoms with Gasteiger partial charge in [0.1, 0.15) is 0 Å². The number of nitrogens with one attached hydrogen (secondary N) is 1. The third-order valence-electron chi connectivity index (χ3n) is 2.40. The fraction of sp³-hybridized carbons (Fsp3) is 0. The molecule has 15 heavy (non-hydrogen) atoms. The lowest BCUT2D eigenvalue weighted by Crippen LogP contribution is -2.04. The van der Waals surface area contributed by atoms with E-state index in [2.05, 4.69) is 15.0 Å². The molecule has 0 saturated carbocycles. The van der Waals surface area contributed by atoms with Gasteiger partial charge in [0.2, 0.25) is 0 Å². The van der Waals surface area contributed by atoms with Gasteiger partial charge in [0.05, 0.1) is 21.8 Å². The molecular formula is C11H7N3O. The first-order valence-electron chi connectivity index (χ1n) is 4.56. The lowest BCUT2D eigenvalue weighted by molar-refractivity contribution is 1.31. The molecule has 3 heterocycles. The number of aromatic amines is 1. The molecule has 0 aliphatic rings. The molecule has 3 aromatic rings. The molecule has 0 atom stereocenters. The van der Waals surface area contributed by atoms with Gasteiger partial charge in [-0.2, -0.15) is 0 Å². The summed E-state index contributed by atoms with van der Waals surface area (Å²) in [6.07, 6.45) is 6.46. The van der Waals surface area contributed by atoms with Crippen LogP contribution in [0.4, 0.5) is 0 Å². The van der Waals surface area contributed by atoms with Crippen molar-refractivity contribution in [2.24, 2.45) is 0 Å². The van der Waals surface area contributed by atoms with E-state index in [1.165, 1.54) is 0 Å². The third-order valence-corrected chi connectivity index (χ3v) is 2.40. The van der Waals surface area contributed by atoms with Gasteiger partial charge in [-0.3, -0.25) is 14.8 Å². The minimum Gasteiger partial charge on any atom is -0.354 e. The summed E-state index contributed by atoms with van der Waals surface area (Å²) in [4.78, 5) is 23.0. The topological polar surface area (TPSA) is 58.6 Å².